The molecule has 8 aliphatic heterocycles. The Morgan fingerprint density at radius 2 is 1.12 bits per heavy atom. The number of carbonyl (C=O) groups excluding carboxylic acids is 1. The maximum Gasteiger partial charge on any atom is 0.410 e. The minimum atomic E-state index is -0.610. The second-order valence-electron chi connectivity index (χ2n) is 25.9. The summed E-state index contributed by atoms with van der Waals surface area (Å²) in [5.41, 5.74) is 6.22. The molecule has 2 unspecified atom stereocenters. The van der Waals surface area contributed by atoms with Gasteiger partial charge in [-0.15, -0.1) is 0 Å². The molecule has 6 saturated heterocycles. The van der Waals surface area contributed by atoms with Crippen LogP contribution in [0.5, 0.6) is 12.0 Å². The van der Waals surface area contributed by atoms with E-state index in [1.807, 2.05) is 20.8 Å². The molecule has 0 N–H and O–H groups in total. The molecule has 0 saturated carbocycles. The van der Waals surface area contributed by atoms with E-state index in [1.165, 1.54) is 44.9 Å². The zero-order valence-corrected chi connectivity index (χ0v) is 53.9. The van der Waals surface area contributed by atoms with Crippen LogP contribution in [0.25, 0.3) is 21.5 Å². The monoisotopic (exact) mass is 1250 g/mol. The van der Waals surface area contributed by atoms with E-state index in [0.29, 0.717) is 88.0 Å². The highest BCUT2D eigenvalue weighted by molar-refractivity contribution is 7.59. The van der Waals surface area contributed by atoms with Crippen LogP contribution in [0.3, 0.4) is 0 Å². The number of piperidine rings is 1. The zero-order valence-electron chi connectivity index (χ0n) is 51.9. The molecule has 0 radical (unpaired) electrons. The van der Waals surface area contributed by atoms with Crippen LogP contribution in [0.4, 0.5) is 27.8 Å². The van der Waals surface area contributed by atoms with Crippen LogP contribution in [0, 0.1) is 28.6 Å². The average molecular weight is 1250 g/mol. The molecule has 21 heteroatoms. The second kappa shape index (κ2) is 28.5. The predicted molar refractivity (Wildman–Crippen MR) is 356 cm³/mol. The molecule has 4 bridgehead atoms. The number of hydrogen-bond acceptors (Lipinski definition) is 18. The normalized spacial score (nSPS) is 23.0. The molecule has 6 fully saturated rings. The van der Waals surface area contributed by atoms with E-state index in [1.54, 1.807) is 4.90 Å². The van der Waals surface area contributed by atoms with Crippen molar-refractivity contribution in [1.29, 1.82) is 10.5 Å². The van der Waals surface area contributed by atoms with Crippen molar-refractivity contribution in [2.45, 2.75) is 134 Å². The lowest BCUT2D eigenvalue weighted by molar-refractivity contribution is 0.0144. The molecular weight excluding hydrogens is 1160 g/mol. The highest BCUT2D eigenvalue weighted by Gasteiger charge is 2.41. The third kappa shape index (κ3) is 14.5. The molecule has 6 atom stereocenters. The van der Waals surface area contributed by atoms with Crippen molar-refractivity contribution in [3.63, 3.8) is 0 Å². The van der Waals surface area contributed by atoms with Gasteiger partial charge in [0.05, 0.1) is 87.7 Å². The summed E-state index contributed by atoms with van der Waals surface area (Å²) in [6, 6.07) is 36.4. The highest BCUT2D eigenvalue weighted by atomic mass is 32.1. The smallest absolute Gasteiger partial charge is 0.410 e. The number of aromatic nitrogens is 4. The molecule has 14 rings (SSSR count). The summed E-state index contributed by atoms with van der Waals surface area (Å²) < 4.78 is 29.7. The number of hydrogen-bond donors (Lipinski definition) is 0. The Bertz CT molecular complexity index is 3520. The Morgan fingerprint density at radius 3 is 1.62 bits per heavy atom. The van der Waals surface area contributed by atoms with Crippen molar-refractivity contribution in [2.75, 3.05) is 118 Å². The standard InChI is InChI=1S/C36H45N7O4.C32H38N6O2.2H2S/c1-36(2,3)47-35(44)43-18-17-42(21-26(43)12-14-37)33-30-13-16-41(32-11-6-9-25-8-4-5-10-29(25)32)23-31(30)38-34(39-33)45-19-7-15-40-22-28-20-27(40)24-46-28;33-13-11-23-6-4-14-38(19-23)31-28-12-16-37(30-10-3-8-24-7-1-2-9-27(24)30)21-29(28)34-32(35-31)39-17-5-15-36-20-26-18-25(36)22-40-26;;/h4-6,8-11,26-28H,7,12-13,15-24H2,1-3H3;1-3,7-10,23,25-26H,4-6,11-12,14-22H2;2*1H2/t26?,27-,28-;23?,25-,26-;;/m00../s1. The third-order valence-electron chi connectivity index (χ3n) is 18.9. The van der Waals surface area contributed by atoms with Gasteiger partial charge < -0.3 is 48.2 Å². The van der Waals surface area contributed by atoms with E-state index in [0.717, 1.165) is 146 Å². The number of anilines is 4. The third-order valence-corrected chi connectivity index (χ3v) is 18.9. The van der Waals surface area contributed by atoms with Gasteiger partial charge in [0, 0.05) is 124 Å². The van der Waals surface area contributed by atoms with E-state index in [4.69, 9.17) is 43.6 Å². The summed E-state index contributed by atoms with van der Waals surface area (Å²) in [4.78, 5) is 49.3. The van der Waals surface area contributed by atoms with E-state index in [2.05, 4.69) is 126 Å². The van der Waals surface area contributed by atoms with Crippen LogP contribution in [0.15, 0.2) is 84.9 Å². The van der Waals surface area contributed by atoms with E-state index < -0.39 is 5.60 Å². The number of rotatable bonds is 16. The predicted octanol–water partition coefficient (Wildman–Crippen LogP) is 9.56. The first kappa shape index (κ1) is 63.7. The van der Waals surface area contributed by atoms with E-state index in [-0.39, 0.29) is 45.5 Å². The Morgan fingerprint density at radius 1 is 0.607 bits per heavy atom. The van der Waals surface area contributed by atoms with Crippen molar-refractivity contribution in [3.8, 4) is 24.2 Å². The van der Waals surface area contributed by atoms with Crippen LogP contribution in [0.2, 0.25) is 0 Å². The number of ether oxygens (including phenoxy) is 5. The number of carbonyl (C=O) groups is 1. The van der Waals surface area contributed by atoms with Crippen LogP contribution < -0.4 is 29.1 Å². The van der Waals surface area contributed by atoms with Gasteiger partial charge in [-0.25, -0.2) is 4.79 Å². The molecule has 4 aromatic carbocycles. The molecule has 2 aromatic heterocycles. The van der Waals surface area contributed by atoms with Crippen LogP contribution in [-0.2, 0) is 40.1 Å². The van der Waals surface area contributed by atoms with Crippen molar-refractivity contribution >= 4 is 77.6 Å². The Kier molecular flexibility index (Phi) is 20.4. The van der Waals surface area contributed by atoms with Gasteiger partial charge in [0.15, 0.2) is 0 Å². The summed E-state index contributed by atoms with van der Waals surface area (Å²) in [7, 11) is 0. The fraction of sp³-hybridized carbons (Fsp3) is 0.544. The van der Waals surface area contributed by atoms with Crippen LogP contribution in [0.1, 0.15) is 94.7 Å². The first-order chi connectivity index (χ1) is 42.5. The first-order valence-electron chi connectivity index (χ1n) is 32.0. The lowest BCUT2D eigenvalue weighted by Gasteiger charge is -2.42. The summed E-state index contributed by atoms with van der Waals surface area (Å²) >= 11 is 0. The van der Waals surface area contributed by atoms with Crippen molar-refractivity contribution < 1.29 is 28.5 Å². The average Bonchev–Trinajstić information content (AvgIpc) is 2.49. The number of nitriles is 2. The maximum atomic E-state index is 13.1. The van der Waals surface area contributed by atoms with Gasteiger partial charge in [-0.05, 0) is 101 Å². The van der Waals surface area contributed by atoms with Gasteiger partial charge in [-0.3, -0.25) is 9.80 Å². The van der Waals surface area contributed by atoms with Crippen molar-refractivity contribution in [3.05, 3.63) is 107 Å². The van der Waals surface area contributed by atoms with Gasteiger partial charge in [0.25, 0.3) is 0 Å². The molecule has 0 aliphatic carbocycles. The van der Waals surface area contributed by atoms with Crippen molar-refractivity contribution in [1.82, 2.24) is 34.6 Å². The van der Waals surface area contributed by atoms with Gasteiger partial charge in [0.2, 0.25) is 0 Å². The van der Waals surface area contributed by atoms with Crippen molar-refractivity contribution in [2.24, 2.45) is 5.92 Å². The Hall–Kier alpha value is -6.85. The number of piperazine rings is 1. The number of likely N-dealkylation sites (tertiary alicyclic amines) is 2. The molecule has 6 aromatic rings. The summed E-state index contributed by atoms with van der Waals surface area (Å²) in [6.45, 7) is 19.0. The lowest BCUT2D eigenvalue weighted by atomic mass is 9.94. The second-order valence-corrected chi connectivity index (χ2v) is 25.9. The fourth-order valence-corrected chi connectivity index (χ4v) is 14.6. The molecular formula is C68H87N13O6S2. The van der Waals surface area contributed by atoms with E-state index in [9.17, 15) is 15.3 Å². The van der Waals surface area contributed by atoms with Gasteiger partial charge in [0.1, 0.15) is 17.2 Å². The van der Waals surface area contributed by atoms with Crippen LogP contribution >= 0.6 is 27.0 Å². The maximum absolute atomic E-state index is 13.1. The molecule has 8 aliphatic rings. The first-order valence-corrected chi connectivity index (χ1v) is 32.0. The fourth-order valence-electron chi connectivity index (χ4n) is 14.6. The number of nitrogens with zero attached hydrogens (tertiary/aromatic N) is 13. The lowest BCUT2D eigenvalue weighted by Crippen LogP contribution is -2.56. The molecule has 89 heavy (non-hydrogen) atoms. The Balaban J connectivity index is 0.000000182. The van der Waals surface area contributed by atoms with Gasteiger partial charge in [-0.1, -0.05) is 72.8 Å². The zero-order chi connectivity index (χ0) is 59.4. The minimum absolute atomic E-state index is 0. The number of fused-ring (bicyclic) bond motifs is 8. The summed E-state index contributed by atoms with van der Waals surface area (Å²) in [5, 5.41) is 24.0. The highest BCUT2D eigenvalue weighted by Crippen LogP contribution is 2.38. The van der Waals surface area contributed by atoms with Gasteiger partial charge >= 0.3 is 18.1 Å². The largest absolute Gasteiger partial charge is 0.463 e. The molecule has 19 nitrogen and oxygen atoms in total. The number of benzene rings is 4. The number of morpholine rings is 2. The summed E-state index contributed by atoms with van der Waals surface area (Å²) in [5.74, 6) is 2.27. The minimum Gasteiger partial charge on any atom is -0.463 e. The molecule has 0 spiro atoms. The topological polar surface area (TPSA) is 185 Å². The quantitative estimate of drug-likeness (QED) is 0.0834. The number of amides is 1. The molecule has 472 valence electrons. The Labute approximate surface area is 538 Å². The van der Waals surface area contributed by atoms with Gasteiger partial charge in [-0.2, -0.15) is 57.5 Å². The SMILES string of the molecule is CC(C)(C)OC(=O)N1CCN(c2nc(OCCCN3C[C@@H]4C[C@H]3CO4)nc3c2CCN(c2cccc4ccccc24)C3)CC1CC#N.N#CCC1CCCN(c2nc(OCCCN3C[C@@H]4C[C@H]3CO4)nc3c2CCN(c2cccc4ccccc24)C3)C1.S.S. The molecule has 1 amide bonds. The van der Waals surface area contributed by atoms with Crippen LogP contribution in [-0.4, -0.2) is 175 Å². The van der Waals surface area contributed by atoms with E-state index >= 15 is 0 Å². The molecule has 10 heterocycles. The summed E-state index contributed by atoms with van der Waals surface area (Å²) in [6.07, 6.45) is 9.28.